The Morgan fingerprint density at radius 1 is 1.14 bits per heavy atom. The monoisotopic (exact) mass is 537 g/mol. The molecule has 0 radical (unpaired) electrons. The molecule has 0 aliphatic carbocycles. The normalized spacial score (nSPS) is 20.2. The summed E-state index contributed by atoms with van der Waals surface area (Å²) in [5.41, 5.74) is -1.15. The van der Waals surface area contributed by atoms with E-state index < -0.39 is 41.5 Å². The van der Waals surface area contributed by atoms with Crippen molar-refractivity contribution in [2.24, 2.45) is 0 Å². The Hall–Kier alpha value is -3.57. The lowest BCUT2D eigenvalue weighted by Gasteiger charge is -2.23. The van der Waals surface area contributed by atoms with Gasteiger partial charge in [0.15, 0.2) is 0 Å². The van der Waals surface area contributed by atoms with E-state index in [2.05, 4.69) is 4.98 Å². The fourth-order valence-electron chi connectivity index (χ4n) is 4.94. The van der Waals surface area contributed by atoms with E-state index in [1.807, 2.05) is 0 Å². The van der Waals surface area contributed by atoms with Crippen molar-refractivity contribution in [2.45, 2.75) is 31.2 Å². The number of carboxylic acid groups (broad SMARTS) is 1. The second-order valence-electron chi connectivity index (χ2n) is 8.93. The maximum absolute atomic E-state index is 13.5. The molecule has 2 atom stereocenters. The van der Waals surface area contributed by atoms with E-state index in [0.717, 1.165) is 12.5 Å². The van der Waals surface area contributed by atoms with Gasteiger partial charge in [0.2, 0.25) is 0 Å². The lowest BCUT2D eigenvalue weighted by Crippen LogP contribution is -2.41. The van der Waals surface area contributed by atoms with E-state index in [-0.39, 0.29) is 42.1 Å². The van der Waals surface area contributed by atoms with E-state index >= 15 is 0 Å². The number of amides is 1. The highest BCUT2D eigenvalue weighted by Crippen LogP contribution is 2.37. The third-order valence-corrected chi connectivity index (χ3v) is 6.62. The van der Waals surface area contributed by atoms with E-state index in [1.165, 1.54) is 35.2 Å². The summed E-state index contributed by atoms with van der Waals surface area (Å²) in [6, 6.07) is 10.5. The Labute approximate surface area is 215 Å². The van der Waals surface area contributed by atoms with Crippen LogP contribution in [0.3, 0.4) is 0 Å². The molecule has 3 heterocycles. The average Bonchev–Trinajstić information content (AvgIpc) is 3.45. The SMILES string of the molecule is Cl.O=C(O)[C@@H]1CCCN1CC1CN(c2ccc3cc(-c4ccccc4C(F)(F)F)[nH]c(=O)c3c2)C(=O)O1. The van der Waals surface area contributed by atoms with Crippen LogP contribution in [-0.4, -0.2) is 58.8 Å². The number of nitrogens with zero attached hydrogens (tertiary/aromatic N) is 2. The third-order valence-electron chi connectivity index (χ3n) is 6.62. The van der Waals surface area contributed by atoms with Crippen LogP contribution in [-0.2, 0) is 15.7 Å². The molecule has 5 rings (SSSR count). The molecule has 0 saturated carbocycles. The van der Waals surface area contributed by atoms with Crippen LogP contribution in [0, 0.1) is 0 Å². The van der Waals surface area contributed by atoms with Gasteiger partial charge < -0.3 is 14.8 Å². The highest BCUT2D eigenvalue weighted by Gasteiger charge is 2.38. The van der Waals surface area contributed by atoms with Gasteiger partial charge in [-0.1, -0.05) is 24.3 Å². The van der Waals surface area contributed by atoms with E-state index in [9.17, 15) is 32.7 Å². The first-order chi connectivity index (χ1) is 17.1. The Bertz CT molecular complexity index is 1410. The number of carbonyl (C=O) groups is 2. The van der Waals surface area contributed by atoms with Crippen molar-refractivity contribution in [3.8, 4) is 11.3 Å². The molecule has 2 fully saturated rings. The zero-order valence-corrected chi connectivity index (χ0v) is 20.1. The van der Waals surface area contributed by atoms with Gasteiger partial charge in [-0.2, -0.15) is 13.2 Å². The number of rotatable bonds is 5. The minimum absolute atomic E-state index is 0. The van der Waals surface area contributed by atoms with Gasteiger partial charge in [-0.3, -0.25) is 19.4 Å². The molecule has 2 N–H and O–H groups in total. The number of anilines is 1. The molecule has 1 unspecified atom stereocenters. The largest absolute Gasteiger partial charge is 0.480 e. The van der Waals surface area contributed by atoms with Crippen molar-refractivity contribution in [1.29, 1.82) is 0 Å². The number of carbonyl (C=O) groups excluding carboxylic acids is 1. The molecule has 2 aliphatic rings. The Balaban J connectivity index is 0.00000320. The molecule has 3 aromatic rings. The van der Waals surface area contributed by atoms with Gasteiger partial charge in [-0.15, -0.1) is 12.4 Å². The minimum atomic E-state index is -4.58. The number of fused-ring (bicyclic) bond motifs is 1. The standard InChI is InChI=1S/C25H22F3N3O5.ClH/c26-25(27,28)19-5-2-1-4-17(19)20-10-14-7-8-15(11-18(14)22(32)29-20)31-13-16(36-24(31)35)12-30-9-3-6-21(30)23(33)34;/h1-2,4-5,7-8,10-11,16,21H,3,6,9,12-13H2,(H,29,32)(H,33,34);1H/t16?,21-;/m0./s1. The van der Waals surface area contributed by atoms with Crippen LogP contribution in [0.4, 0.5) is 23.7 Å². The molecular weight excluding hydrogens is 515 g/mol. The lowest BCUT2D eigenvalue weighted by atomic mass is 10.0. The summed E-state index contributed by atoms with van der Waals surface area (Å²) >= 11 is 0. The van der Waals surface area contributed by atoms with E-state index in [0.29, 0.717) is 24.0 Å². The molecule has 8 nitrogen and oxygen atoms in total. The average molecular weight is 538 g/mol. The van der Waals surface area contributed by atoms with Gasteiger partial charge in [0.1, 0.15) is 12.1 Å². The number of benzene rings is 2. The zero-order valence-electron chi connectivity index (χ0n) is 19.3. The predicted octanol–water partition coefficient (Wildman–Crippen LogP) is 4.51. The molecule has 1 amide bonds. The quantitative estimate of drug-likeness (QED) is 0.496. The number of hydrogen-bond donors (Lipinski definition) is 2. The minimum Gasteiger partial charge on any atom is -0.480 e. The first kappa shape index (κ1) is 26.5. The van der Waals surface area contributed by atoms with Crippen LogP contribution in [0.2, 0.25) is 0 Å². The molecule has 0 bridgehead atoms. The molecule has 2 saturated heterocycles. The number of aromatic amines is 1. The number of aliphatic carboxylic acids is 1. The van der Waals surface area contributed by atoms with Crippen molar-refractivity contribution in [3.63, 3.8) is 0 Å². The van der Waals surface area contributed by atoms with Crippen LogP contribution in [0.15, 0.2) is 53.3 Å². The third kappa shape index (κ3) is 5.14. The van der Waals surface area contributed by atoms with Gasteiger partial charge in [-0.05, 0) is 49.0 Å². The summed E-state index contributed by atoms with van der Waals surface area (Å²) < 4.78 is 45.8. The Morgan fingerprint density at radius 2 is 1.89 bits per heavy atom. The van der Waals surface area contributed by atoms with Gasteiger partial charge in [-0.25, -0.2) is 4.79 Å². The number of likely N-dealkylation sites (tertiary alicyclic amines) is 1. The number of aromatic nitrogens is 1. The van der Waals surface area contributed by atoms with Gasteiger partial charge in [0, 0.05) is 28.9 Å². The summed E-state index contributed by atoms with van der Waals surface area (Å²) in [4.78, 5) is 42.5. The number of hydrogen-bond acceptors (Lipinski definition) is 5. The molecular formula is C25H23ClF3N3O5. The van der Waals surface area contributed by atoms with Crippen LogP contribution in [0.1, 0.15) is 18.4 Å². The van der Waals surface area contributed by atoms with Crippen molar-refractivity contribution in [3.05, 3.63) is 64.4 Å². The molecule has 2 aliphatic heterocycles. The van der Waals surface area contributed by atoms with Gasteiger partial charge in [0.05, 0.1) is 12.1 Å². The number of alkyl halides is 3. The highest BCUT2D eigenvalue weighted by molar-refractivity contribution is 5.95. The number of pyridine rings is 1. The maximum Gasteiger partial charge on any atom is 0.417 e. The smallest absolute Gasteiger partial charge is 0.417 e. The number of nitrogens with one attached hydrogen (secondary N) is 1. The van der Waals surface area contributed by atoms with Crippen molar-refractivity contribution >= 4 is 40.9 Å². The summed E-state index contributed by atoms with van der Waals surface area (Å²) in [5.74, 6) is -0.903. The molecule has 37 heavy (non-hydrogen) atoms. The van der Waals surface area contributed by atoms with Crippen LogP contribution >= 0.6 is 12.4 Å². The van der Waals surface area contributed by atoms with E-state index in [4.69, 9.17) is 4.74 Å². The highest BCUT2D eigenvalue weighted by atomic mass is 35.5. The maximum atomic E-state index is 13.5. The van der Waals surface area contributed by atoms with Crippen molar-refractivity contribution in [2.75, 3.05) is 24.5 Å². The zero-order chi connectivity index (χ0) is 25.6. The van der Waals surface area contributed by atoms with Crippen LogP contribution in [0.5, 0.6) is 0 Å². The summed E-state index contributed by atoms with van der Waals surface area (Å²) in [5, 5.41) is 9.99. The number of ether oxygens (including phenoxy) is 1. The first-order valence-corrected chi connectivity index (χ1v) is 11.4. The van der Waals surface area contributed by atoms with Crippen molar-refractivity contribution < 1.29 is 32.6 Å². The van der Waals surface area contributed by atoms with Crippen LogP contribution < -0.4 is 10.5 Å². The Kier molecular flexibility index (Phi) is 7.20. The Morgan fingerprint density at radius 3 is 2.62 bits per heavy atom. The topological polar surface area (TPSA) is 103 Å². The molecule has 0 spiro atoms. The number of carboxylic acids is 1. The fourth-order valence-corrected chi connectivity index (χ4v) is 4.94. The number of halogens is 4. The van der Waals surface area contributed by atoms with E-state index in [1.54, 1.807) is 17.0 Å². The number of H-pyrrole nitrogens is 1. The first-order valence-electron chi connectivity index (χ1n) is 11.4. The molecule has 196 valence electrons. The second-order valence-corrected chi connectivity index (χ2v) is 8.93. The second kappa shape index (κ2) is 10.1. The number of cyclic esters (lactones) is 1. The predicted molar refractivity (Wildman–Crippen MR) is 132 cm³/mol. The van der Waals surface area contributed by atoms with Gasteiger partial charge in [0.25, 0.3) is 5.56 Å². The summed E-state index contributed by atoms with van der Waals surface area (Å²) in [6.07, 6.45) is -4.43. The van der Waals surface area contributed by atoms with Gasteiger partial charge >= 0.3 is 18.2 Å². The summed E-state index contributed by atoms with van der Waals surface area (Å²) in [7, 11) is 0. The lowest BCUT2D eigenvalue weighted by molar-refractivity contribution is -0.142. The summed E-state index contributed by atoms with van der Waals surface area (Å²) in [6.45, 7) is 1.08. The molecule has 1 aromatic heterocycles. The van der Waals surface area contributed by atoms with Crippen LogP contribution in [0.25, 0.3) is 22.0 Å². The van der Waals surface area contributed by atoms with Crippen molar-refractivity contribution in [1.82, 2.24) is 9.88 Å². The molecule has 2 aromatic carbocycles. The fraction of sp³-hybridized carbons (Fsp3) is 0.320. The molecule has 12 heteroatoms.